The summed E-state index contributed by atoms with van der Waals surface area (Å²) in [5, 5.41) is 11.3. The van der Waals surface area contributed by atoms with E-state index < -0.39 is 23.0 Å². The summed E-state index contributed by atoms with van der Waals surface area (Å²) in [4.78, 5) is 37.2. The van der Waals surface area contributed by atoms with Crippen LogP contribution >= 0.6 is 22.6 Å². The molecule has 168 valence electrons. The van der Waals surface area contributed by atoms with E-state index in [1.165, 1.54) is 5.01 Å². The number of ether oxygens (including phenoxy) is 1. The Hall–Kier alpha value is -2.21. The summed E-state index contributed by atoms with van der Waals surface area (Å²) in [5.74, 6) is -0.256. The number of nitrogens with zero attached hydrogens (tertiary/aromatic N) is 3. The van der Waals surface area contributed by atoms with Crippen LogP contribution in [0.5, 0.6) is 5.88 Å². The molecule has 0 aliphatic carbocycles. The van der Waals surface area contributed by atoms with Gasteiger partial charge in [-0.15, -0.1) is 0 Å². The van der Waals surface area contributed by atoms with Gasteiger partial charge in [0.15, 0.2) is 0 Å². The third kappa shape index (κ3) is 4.69. The van der Waals surface area contributed by atoms with Gasteiger partial charge in [-0.2, -0.15) is 0 Å². The summed E-state index contributed by atoms with van der Waals surface area (Å²) in [6.45, 7) is 9.95. The number of pyridine rings is 1. The lowest BCUT2D eigenvalue weighted by Crippen LogP contribution is -2.55. The summed E-state index contributed by atoms with van der Waals surface area (Å²) >= 11 is 2.15. The molecular weight excluding hydrogens is 513 g/mol. The number of rotatable bonds is 7. The van der Waals surface area contributed by atoms with Crippen LogP contribution in [0.1, 0.15) is 59.2 Å². The normalized spacial score (nSPS) is 16.8. The van der Waals surface area contributed by atoms with Crippen LogP contribution in [0, 0.1) is 8.99 Å². The maximum absolute atomic E-state index is 13.2. The molecule has 2 unspecified atom stereocenters. The highest BCUT2D eigenvalue weighted by Crippen LogP contribution is 2.37. The third-order valence-electron chi connectivity index (χ3n) is 5.02. The molecule has 3 N–H and O–H groups in total. The van der Waals surface area contributed by atoms with Gasteiger partial charge in [0.2, 0.25) is 5.88 Å². The number of aliphatic carboxylic acids is 1. The maximum atomic E-state index is 13.2. The summed E-state index contributed by atoms with van der Waals surface area (Å²) in [6, 6.07) is 0.634. The predicted molar refractivity (Wildman–Crippen MR) is 126 cm³/mol. The number of halogens is 1. The van der Waals surface area contributed by atoms with E-state index in [9.17, 15) is 14.7 Å². The number of carbonyl (C=O) groups is 1. The molecule has 2 aromatic rings. The number of aromatic nitrogens is 3. The Morgan fingerprint density at radius 1 is 1.39 bits per heavy atom. The Bertz CT molecular complexity index is 1030. The first kappa shape index (κ1) is 23.5. The molecule has 2 aromatic heterocycles. The Kier molecular flexibility index (Phi) is 6.89. The molecule has 0 fully saturated rings. The zero-order chi connectivity index (χ0) is 22.9. The van der Waals surface area contributed by atoms with E-state index in [2.05, 4.69) is 38.0 Å². The molecular formula is C21H28IN5O4. The number of anilines is 1. The molecule has 1 aliphatic rings. The Labute approximate surface area is 194 Å². The molecule has 3 heterocycles. The third-order valence-corrected chi connectivity index (χ3v) is 5.61. The van der Waals surface area contributed by atoms with Gasteiger partial charge < -0.3 is 14.8 Å². The van der Waals surface area contributed by atoms with Gasteiger partial charge in [-0.1, -0.05) is 34.6 Å². The first-order chi connectivity index (χ1) is 14.6. The zero-order valence-corrected chi connectivity index (χ0v) is 20.5. The highest BCUT2D eigenvalue weighted by Gasteiger charge is 2.44. The summed E-state index contributed by atoms with van der Waals surface area (Å²) < 4.78 is 6.64. The smallest absolute Gasteiger partial charge is 0.328 e. The molecule has 1 aliphatic heterocycles. The number of carboxylic acid groups (broad SMARTS) is 1. The number of H-pyrrole nitrogens is 1. The SMILES string of the molecule is CCCOc1ncc(I)cc1-c1nc2c(c(=O)[nH]1)N(C(C(=O)O)C(C)(C)C)NC2CC. The lowest BCUT2D eigenvalue weighted by molar-refractivity contribution is -0.141. The van der Waals surface area contributed by atoms with E-state index in [1.807, 2.05) is 40.7 Å². The van der Waals surface area contributed by atoms with Gasteiger partial charge in [0.05, 0.1) is 23.9 Å². The predicted octanol–water partition coefficient (Wildman–Crippen LogP) is 3.50. The standard InChI is InChI=1S/C21H28IN5O4/c1-6-8-31-19-12(9-11(22)10-23-19)17-24-14-13(7-2)26-27(15(14)18(28)25-17)16(20(29)30)21(3,4)5/h9-10,13,16,26H,6-8H2,1-5H3,(H,29,30)(H,24,25,28). The summed E-state index contributed by atoms with van der Waals surface area (Å²) in [6.07, 6.45) is 3.15. The molecule has 0 aromatic carbocycles. The van der Waals surface area contributed by atoms with Crippen LogP contribution in [0.25, 0.3) is 11.4 Å². The van der Waals surface area contributed by atoms with E-state index in [4.69, 9.17) is 9.72 Å². The fourth-order valence-corrected chi connectivity index (χ4v) is 4.10. The number of hydrazine groups is 1. The monoisotopic (exact) mass is 541 g/mol. The van der Waals surface area contributed by atoms with Crippen molar-refractivity contribution in [2.45, 2.75) is 59.5 Å². The number of hydrogen-bond acceptors (Lipinski definition) is 7. The number of hydrogen-bond donors (Lipinski definition) is 3. The van der Waals surface area contributed by atoms with Crippen LogP contribution < -0.4 is 20.7 Å². The highest BCUT2D eigenvalue weighted by molar-refractivity contribution is 14.1. The van der Waals surface area contributed by atoms with Gasteiger partial charge in [0.1, 0.15) is 17.6 Å². The number of nitrogens with one attached hydrogen (secondary N) is 2. The van der Waals surface area contributed by atoms with Crippen molar-refractivity contribution in [3.05, 3.63) is 31.9 Å². The second kappa shape index (κ2) is 9.11. The summed E-state index contributed by atoms with van der Waals surface area (Å²) in [5.41, 5.74) is 3.54. The fraction of sp³-hybridized carbons (Fsp3) is 0.524. The average Bonchev–Trinajstić information content (AvgIpc) is 3.04. The quantitative estimate of drug-likeness (QED) is 0.456. The van der Waals surface area contributed by atoms with Crippen molar-refractivity contribution in [2.24, 2.45) is 5.41 Å². The second-order valence-electron chi connectivity index (χ2n) is 8.57. The molecule has 0 saturated heterocycles. The van der Waals surface area contributed by atoms with Gasteiger partial charge in [-0.3, -0.25) is 9.80 Å². The molecule has 0 radical (unpaired) electrons. The van der Waals surface area contributed by atoms with Crippen LogP contribution in [0.15, 0.2) is 17.1 Å². The molecule has 9 nitrogen and oxygen atoms in total. The first-order valence-electron chi connectivity index (χ1n) is 10.3. The van der Waals surface area contributed by atoms with E-state index >= 15 is 0 Å². The van der Waals surface area contributed by atoms with Crippen molar-refractivity contribution in [3.8, 4) is 17.3 Å². The molecule has 0 amide bonds. The minimum Gasteiger partial charge on any atom is -0.480 e. The van der Waals surface area contributed by atoms with Crippen molar-refractivity contribution >= 4 is 34.2 Å². The first-order valence-corrected chi connectivity index (χ1v) is 11.4. The largest absolute Gasteiger partial charge is 0.480 e. The van der Waals surface area contributed by atoms with Gasteiger partial charge in [0.25, 0.3) is 5.56 Å². The van der Waals surface area contributed by atoms with Gasteiger partial charge in [-0.05, 0) is 46.9 Å². The molecule has 2 atom stereocenters. The van der Waals surface area contributed by atoms with Crippen LogP contribution in [0.2, 0.25) is 0 Å². The van der Waals surface area contributed by atoms with Gasteiger partial charge >= 0.3 is 5.97 Å². The zero-order valence-electron chi connectivity index (χ0n) is 18.3. The average molecular weight is 541 g/mol. The molecule has 0 saturated carbocycles. The molecule has 0 spiro atoms. The van der Waals surface area contributed by atoms with Crippen molar-refractivity contribution in [1.29, 1.82) is 0 Å². The number of aromatic amines is 1. The highest BCUT2D eigenvalue weighted by atomic mass is 127. The second-order valence-corrected chi connectivity index (χ2v) is 9.82. The number of fused-ring (bicyclic) bond motifs is 1. The van der Waals surface area contributed by atoms with Crippen LogP contribution in [-0.4, -0.2) is 38.7 Å². The van der Waals surface area contributed by atoms with Crippen molar-refractivity contribution in [2.75, 3.05) is 11.6 Å². The fourth-order valence-electron chi connectivity index (χ4n) is 3.65. The van der Waals surface area contributed by atoms with Crippen molar-refractivity contribution in [1.82, 2.24) is 20.4 Å². The Balaban J connectivity index is 2.16. The van der Waals surface area contributed by atoms with Crippen molar-refractivity contribution < 1.29 is 14.6 Å². The lowest BCUT2D eigenvalue weighted by atomic mass is 9.86. The van der Waals surface area contributed by atoms with Crippen molar-refractivity contribution in [3.63, 3.8) is 0 Å². The molecule has 10 heteroatoms. The van der Waals surface area contributed by atoms with E-state index in [-0.39, 0.29) is 11.7 Å². The number of carboxylic acids is 1. The minimum absolute atomic E-state index is 0.243. The maximum Gasteiger partial charge on any atom is 0.328 e. The van der Waals surface area contributed by atoms with Crippen LogP contribution in [0.4, 0.5) is 5.69 Å². The molecule has 3 rings (SSSR count). The Morgan fingerprint density at radius 2 is 2.10 bits per heavy atom. The Morgan fingerprint density at radius 3 is 2.68 bits per heavy atom. The lowest BCUT2D eigenvalue weighted by Gasteiger charge is -2.35. The van der Waals surface area contributed by atoms with E-state index in [0.717, 1.165) is 9.99 Å². The van der Waals surface area contributed by atoms with Crippen LogP contribution in [0.3, 0.4) is 0 Å². The van der Waals surface area contributed by atoms with E-state index in [0.29, 0.717) is 36.0 Å². The topological polar surface area (TPSA) is 120 Å². The molecule has 31 heavy (non-hydrogen) atoms. The van der Waals surface area contributed by atoms with Gasteiger partial charge in [0, 0.05) is 9.77 Å². The van der Waals surface area contributed by atoms with E-state index in [1.54, 1.807) is 6.20 Å². The molecule has 0 bridgehead atoms. The summed E-state index contributed by atoms with van der Waals surface area (Å²) in [7, 11) is 0. The minimum atomic E-state index is -1.01. The van der Waals surface area contributed by atoms with Crippen LogP contribution in [-0.2, 0) is 4.79 Å². The van der Waals surface area contributed by atoms with Gasteiger partial charge in [-0.25, -0.2) is 20.2 Å².